The van der Waals surface area contributed by atoms with E-state index in [0.717, 1.165) is 43.6 Å². The van der Waals surface area contributed by atoms with Crippen molar-refractivity contribution in [3.63, 3.8) is 0 Å². The second kappa shape index (κ2) is 4.77. The van der Waals surface area contributed by atoms with Crippen molar-refractivity contribution in [2.45, 2.75) is 0 Å². The number of anilines is 3. The highest BCUT2D eigenvalue weighted by Gasteiger charge is 2.21. The summed E-state index contributed by atoms with van der Waals surface area (Å²) in [7, 11) is 0. The monoisotopic (exact) mass is 262 g/mol. The first kappa shape index (κ1) is 11.2. The minimum absolute atomic E-state index is 0.734. The lowest BCUT2D eigenvalue weighted by atomic mass is 10.3. The molecule has 1 aliphatic heterocycles. The molecule has 0 aliphatic carbocycles. The number of hydrogen-bond acceptors (Lipinski definition) is 7. The van der Waals surface area contributed by atoms with Gasteiger partial charge in [0.15, 0.2) is 5.82 Å². The highest BCUT2D eigenvalue weighted by atomic mass is 32.1. The molecule has 2 N–H and O–H groups in total. The zero-order valence-corrected chi connectivity index (χ0v) is 10.7. The number of nitrogens with two attached hydrogens (primary N) is 1. The summed E-state index contributed by atoms with van der Waals surface area (Å²) in [6.07, 6.45) is 1.78. The molecule has 3 heterocycles. The van der Waals surface area contributed by atoms with Crippen molar-refractivity contribution in [2.75, 3.05) is 41.7 Å². The number of rotatable bonds is 2. The molecule has 1 fully saturated rings. The van der Waals surface area contributed by atoms with Crippen LogP contribution in [0.3, 0.4) is 0 Å². The molecule has 0 spiro atoms. The van der Waals surface area contributed by atoms with Crippen LogP contribution in [0.5, 0.6) is 0 Å². The molecule has 94 valence electrons. The molecule has 0 amide bonds. The Balaban J connectivity index is 1.69. The maximum absolute atomic E-state index is 5.94. The Labute approximate surface area is 109 Å². The van der Waals surface area contributed by atoms with Crippen molar-refractivity contribution < 1.29 is 0 Å². The van der Waals surface area contributed by atoms with Crippen LogP contribution in [0, 0.1) is 0 Å². The van der Waals surface area contributed by atoms with Gasteiger partial charge in [0.1, 0.15) is 5.51 Å². The van der Waals surface area contributed by atoms with Crippen LogP contribution < -0.4 is 15.5 Å². The van der Waals surface area contributed by atoms with Crippen molar-refractivity contribution in [3.8, 4) is 0 Å². The van der Waals surface area contributed by atoms with E-state index in [1.54, 1.807) is 11.7 Å². The maximum Gasteiger partial charge on any atom is 0.237 e. The summed E-state index contributed by atoms with van der Waals surface area (Å²) in [4.78, 5) is 13.0. The Bertz CT molecular complexity index is 506. The smallest absolute Gasteiger partial charge is 0.237 e. The average Bonchev–Trinajstić information content (AvgIpc) is 2.94. The molecule has 6 nitrogen and oxygen atoms in total. The minimum Gasteiger partial charge on any atom is -0.396 e. The van der Waals surface area contributed by atoms with Gasteiger partial charge < -0.3 is 15.5 Å². The second-order valence-corrected chi connectivity index (χ2v) is 4.73. The predicted molar refractivity (Wildman–Crippen MR) is 73.0 cm³/mol. The third-order valence-electron chi connectivity index (χ3n) is 3.03. The van der Waals surface area contributed by atoms with Crippen molar-refractivity contribution in [2.24, 2.45) is 0 Å². The third-order valence-corrected chi connectivity index (χ3v) is 3.50. The number of aromatic nitrogens is 3. The van der Waals surface area contributed by atoms with Gasteiger partial charge in [-0.2, -0.15) is 4.37 Å². The summed E-state index contributed by atoms with van der Waals surface area (Å²) in [6, 6.07) is 3.74. The number of nitrogens with zero attached hydrogens (tertiary/aromatic N) is 5. The summed E-state index contributed by atoms with van der Waals surface area (Å²) >= 11 is 1.38. The zero-order valence-electron chi connectivity index (χ0n) is 9.86. The van der Waals surface area contributed by atoms with E-state index in [4.69, 9.17) is 5.73 Å². The van der Waals surface area contributed by atoms with Gasteiger partial charge in [-0.25, -0.2) is 9.97 Å². The van der Waals surface area contributed by atoms with Gasteiger partial charge in [-0.1, -0.05) is 0 Å². The SMILES string of the molecule is Nc1cccnc1N1CCN(c2ncsn2)CC1. The van der Waals surface area contributed by atoms with Gasteiger partial charge in [0.2, 0.25) is 5.95 Å². The van der Waals surface area contributed by atoms with Gasteiger partial charge in [0.25, 0.3) is 0 Å². The molecule has 1 aliphatic rings. The Morgan fingerprint density at radius 1 is 1.11 bits per heavy atom. The van der Waals surface area contributed by atoms with Crippen molar-refractivity contribution in [3.05, 3.63) is 23.8 Å². The van der Waals surface area contributed by atoms with E-state index in [9.17, 15) is 0 Å². The van der Waals surface area contributed by atoms with Gasteiger partial charge >= 0.3 is 0 Å². The molecule has 2 aromatic heterocycles. The van der Waals surface area contributed by atoms with E-state index in [0.29, 0.717) is 0 Å². The molecule has 18 heavy (non-hydrogen) atoms. The number of hydrogen-bond donors (Lipinski definition) is 1. The average molecular weight is 262 g/mol. The molecule has 0 radical (unpaired) electrons. The summed E-state index contributed by atoms with van der Waals surface area (Å²) < 4.78 is 4.25. The van der Waals surface area contributed by atoms with Crippen molar-refractivity contribution in [1.82, 2.24) is 14.3 Å². The highest BCUT2D eigenvalue weighted by molar-refractivity contribution is 7.03. The maximum atomic E-state index is 5.94. The fraction of sp³-hybridized carbons (Fsp3) is 0.364. The van der Waals surface area contributed by atoms with E-state index in [1.165, 1.54) is 11.5 Å². The van der Waals surface area contributed by atoms with Crippen LogP contribution in [0.2, 0.25) is 0 Å². The molecular formula is C11H14N6S. The van der Waals surface area contributed by atoms with Gasteiger partial charge in [-0.3, -0.25) is 0 Å². The zero-order chi connectivity index (χ0) is 12.4. The molecule has 3 rings (SSSR count). The van der Waals surface area contributed by atoms with Crippen molar-refractivity contribution >= 4 is 29.0 Å². The van der Waals surface area contributed by atoms with Crippen molar-refractivity contribution in [1.29, 1.82) is 0 Å². The largest absolute Gasteiger partial charge is 0.396 e. The Morgan fingerprint density at radius 2 is 1.89 bits per heavy atom. The fourth-order valence-electron chi connectivity index (χ4n) is 2.10. The summed E-state index contributed by atoms with van der Waals surface area (Å²) in [5.41, 5.74) is 8.44. The topological polar surface area (TPSA) is 71.2 Å². The van der Waals surface area contributed by atoms with Gasteiger partial charge in [0, 0.05) is 32.4 Å². The molecule has 0 saturated carbocycles. The standard InChI is InChI=1S/C11H14N6S/c12-9-2-1-3-13-10(9)16-4-6-17(7-5-16)11-14-8-18-15-11/h1-3,8H,4-7,12H2. The first-order valence-corrected chi connectivity index (χ1v) is 6.65. The lowest BCUT2D eigenvalue weighted by molar-refractivity contribution is 0.638. The van der Waals surface area contributed by atoms with Crippen LogP contribution in [0.1, 0.15) is 0 Å². The third kappa shape index (κ3) is 2.08. The molecule has 7 heteroatoms. The summed E-state index contributed by atoms with van der Waals surface area (Å²) in [5, 5.41) is 0. The predicted octanol–water partition coefficient (Wildman–Crippen LogP) is 0.842. The first-order valence-electron chi connectivity index (χ1n) is 5.81. The van der Waals surface area contributed by atoms with Gasteiger partial charge in [-0.15, -0.1) is 0 Å². The van der Waals surface area contributed by atoms with Crippen LogP contribution >= 0.6 is 11.5 Å². The van der Waals surface area contributed by atoms with Crippen LogP contribution in [0.4, 0.5) is 17.5 Å². The van der Waals surface area contributed by atoms with E-state index in [-0.39, 0.29) is 0 Å². The van der Waals surface area contributed by atoms with E-state index >= 15 is 0 Å². The number of nitrogen functional groups attached to an aromatic ring is 1. The minimum atomic E-state index is 0.734. The molecular weight excluding hydrogens is 248 g/mol. The lowest BCUT2D eigenvalue weighted by Gasteiger charge is -2.35. The van der Waals surface area contributed by atoms with E-state index in [2.05, 4.69) is 24.1 Å². The van der Waals surface area contributed by atoms with Crippen LogP contribution in [-0.4, -0.2) is 40.5 Å². The van der Waals surface area contributed by atoms with Gasteiger partial charge in [-0.05, 0) is 23.7 Å². The molecule has 0 aromatic carbocycles. The van der Waals surface area contributed by atoms with Crippen LogP contribution in [-0.2, 0) is 0 Å². The molecule has 1 saturated heterocycles. The fourth-order valence-corrected chi connectivity index (χ4v) is 2.54. The van der Waals surface area contributed by atoms with Crippen LogP contribution in [0.15, 0.2) is 23.8 Å². The van der Waals surface area contributed by atoms with E-state index < -0.39 is 0 Å². The quantitative estimate of drug-likeness (QED) is 0.865. The Hall–Kier alpha value is -1.89. The number of piperazine rings is 1. The van der Waals surface area contributed by atoms with Gasteiger partial charge in [0.05, 0.1) is 5.69 Å². The molecule has 0 bridgehead atoms. The van der Waals surface area contributed by atoms with Crippen LogP contribution in [0.25, 0.3) is 0 Å². The normalized spacial score (nSPS) is 16.0. The molecule has 0 atom stereocenters. The lowest BCUT2D eigenvalue weighted by Crippen LogP contribution is -2.47. The molecule has 2 aromatic rings. The Morgan fingerprint density at radius 3 is 2.56 bits per heavy atom. The van der Waals surface area contributed by atoms with E-state index in [1.807, 2.05) is 12.1 Å². The first-order chi connectivity index (χ1) is 8.84. The number of pyridine rings is 1. The highest BCUT2D eigenvalue weighted by Crippen LogP contribution is 2.21. The molecule has 0 unspecified atom stereocenters. The Kier molecular flexibility index (Phi) is 2.97. The second-order valence-electron chi connectivity index (χ2n) is 4.12. The summed E-state index contributed by atoms with van der Waals surface area (Å²) in [5.74, 6) is 1.71. The summed E-state index contributed by atoms with van der Waals surface area (Å²) in [6.45, 7) is 3.57.